The van der Waals surface area contributed by atoms with Crippen LogP contribution in [0.15, 0.2) is 36.4 Å². The number of halogens is 2. The molecule has 0 saturated carbocycles. The summed E-state index contributed by atoms with van der Waals surface area (Å²) in [5, 5.41) is 7.94. The number of aromatic nitrogens is 1. The average Bonchev–Trinajstić information content (AvgIpc) is 2.89. The third-order valence-electron chi connectivity index (χ3n) is 3.46. The zero-order valence-electron chi connectivity index (χ0n) is 13.1. The van der Waals surface area contributed by atoms with Crippen molar-refractivity contribution in [2.75, 3.05) is 10.6 Å². The molecule has 2 N–H and O–H groups in total. The quantitative estimate of drug-likeness (QED) is 0.642. The molecule has 24 heavy (non-hydrogen) atoms. The van der Waals surface area contributed by atoms with Crippen molar-refractivity contribution < 1.29 is 4.79 Å². The number of hydrogen-bond donors (Lipinski definition) is 2. The van der Waals surface area contributed by atoms with Gasteiger partial charge < -0.3 is 10.6 Å². The summed E-state index contributed by atoms with van der Waals surface area (Å²) in [7, 11) is 0. The molecule has 1 atom stereocenters. The molecule has 124 valence electrons. The smallest absolute Gasteiger partial charge is 0.246 e. The normalized spacial score (nSPS) is 12.2. The molecule has 0 saturated heterocycles. The van der Waals surface area contributed by atoms with Crippen molar-refractivity contribution in [2.45, 2.75) is 19.9 Å². The van der Waals surface area contributed by atoms with Gasteiger partial charge in [-0.3, -0.25) is 4.79 Å². The van der Waals surface area contributed by atoms with Crippen molar-refractivity contribution in [3.63, 3.8) is 0 Å². The van der Waals surface area contributed by atoms with E-state index >= 15 is 0 Å². The van der Waals surface area contributed by atoms with Crippen molar-refractivity contribution in [3.05, 3.63) is 51.5 Å². The Morgan fingerprint density at radius 3 is 2.75 bits per heavy atom. The fourth-order valence-corrected chi connectivity index (χ4v) is 3.60. The third kappa shape index (κ3) is 3.80. The van der Waals surface area contributed by atoms with Gasteiger partial charge >= 0.3 is 0 Å². The second-order valence-electron chi connectivity index (χ2n) is 5.39. The molecule has 4 nitrogen and oxygen atoms in total. The maximum atomic E-state index is 12.3. The predicted octanol–water partition coefficient (Wildman–Crippen LogP) is 5.35. The van der Waals surface area contributed by atoms with Crippen molar-refractivity contribution in [3.8, 4) is 0 Å². The molecule has 7 heteroatoms. The monoisotopic (exact) mass is 379 g/mol. The predicted molar refractivity (Wildman–Crippen MR) is 103 cm³/mol. The SMILES string of the molecule is Cc1nc2ccc(N[C@@H](C)C(=O)Nc3ccc(Cl)cc3Cl)cc2s1. The van der Waals surface area contributed by atoms with Crippen LogP contribution in [0, 0.1) is 6.92 Å². The summed E-state index contributed by atoms with van der Waals surface area (Å²) in [5.41, 5.74) is 2.37. The van der Waals surface area contributed by atoms with E-state index in [2.05, 4.69) is 15.6 Å². The van der Waals surface area contributed by atoms with Gasteiger partial charge in [-0.25, -0.2) is 4.98 Å². The fraction of sp³-hybridized carbons (Fsp3) is 0.176. The lowest BCUT2D eigenvalue weighted by atomic mass is 10.2. The Morgan fingerprint density at radius 2 is 2.00 bits per heavy atom. The van der Waals surface area contributed by atoms with Crippen LogP contribution in [0.5, 0.6) is 0 Å². The Hall–Kier alpha value is -1.82. The number of carbonyl (C=O) groups is 1. The molecule has 3 aromatic rings. The first-order valence-corrected chi connectivity index (χ1v) is 8.89. The topological polar surface area (TPSA) is 54.0 Å². The summed E-state index contributed by atoms with van der Waals surface area (Å²) in [6.45, 7) is 3.77. The van der Waals surface area contributed by atoms with Crippen LogP contribution in [-0.4, -0.2) is 16.9 Å². The van der Waals surface area contributed by atoms with Gasteiger partial charge in [-0.05, 0) is 50.2 Å². The van der Waals surface area contributed by atoms with Gasteiger partial charge in [-0.1, -0.05) is 23.2 Å². The molecule has 0 spiro atoms. The van der Waals surface area contributed by atoms with Crippen molar-refractivity contribution in [1.82, 2.24) is 4.98 Å². The molecule has 0 radical (unpaired) electrons. The lowest BCUT2D eigenvalue weighted by molar-refractivity contribution is -0.116. The molecule has 1 aromatic heterocycles. The second-order valence-corrected chi connectivity index (χ2v) is 7.47. The number of aryl methyl sites for hydroxylation is 1. The highest BCUT2D eigenvalue weighted by Crippen LogP contribution is 2.27. The van der Waals surface area contributed by atoms with Crippen molar-refractivity contribution in [2.24, 2.45) is 0 Å². The van der Waals surface area contributed by atoms with E-state index < -0.39 is 6.04 Å². The maximum Gasteiger partial charge on any atom is 0.246 e. The van der Waals surface area contributed by atoms with Gasteiger partial charge in [0, 0.05) is 10.7 Å². The van der Waals surface area contributed by atoms with E-state index in [9.17, 15) is 4.79 Å². The Morgan fingerprint density at radius 1 is 1.21 bits per heavy atom. The number of rotatable bonds is 4. The minimum absolute atomic E-state index is 0.181. The van der Waals surface area contributed by atoms with Gasteiger partial charge in [-0.15, -0.1) is 11.3 Å². The van der Waals surface area contributed by atoms with Crippen LogP contribution >= 0.6 is 34.5 Å². The van der Waals surface area contributed by atoms with E-state index in [1.807, 2.05) is 25.1 Å². The van der Waals surface area contributed by atoms with E-state index in [0.717, 1.165) is 20.9 Å². The Kier molecular flexibility index (Phi) is 4.94. The minimum Gasteiger partial charge on any atom is -0.374 e. The zero-order chi connectivity index (χ0) is 17.3. The van der Waals surface area contributed by atoms with Crippen LogP contribution in [0.25, 0.3) is 10.2 Å². The molecule has 1 heterocycles. The number of benzene rings is 2. The Labute approximate surface area is 153 Å². The molecule has 0 unspecified atom stereocenters. The van der Waals surface area contributed by atoms with Gasteiger partial charge in [0.25, 0.3) is 0 Å². The molecular formula is C17H15Cl2N3OS. The number of amides is 1. The second kappa shape index (κ2) is 6.97. The first-order chi connectivity index (χ1) is 11.4. The number of nitrogens with zero attached hydrogens (tertiary/aromatic N) is 1. The van der Waals surface area contributed by atoms with Gasteiger partial charge in [-0.2, -0.15) is 0 Å². The summed E-state index contributed by atoms with van der Waals surface area (Å²) in [5.74, 6) is -0.181. The number of nitrogens with one attached hydrogen (secondary N) is 2. The zero-order valence-corrected chi connectivity index (χ0v) is 15.4. The van der Waals surface area contributed by atoms with Crippen LogP contribution in [0.1, 0.15) is 11.9 Å². The average molecular weight is 380 g/mol. The van der Waals surface area contributed by atoms with Crippen molar-refractivity contribution >= 4 is 62.0 Å². The van der Waals surface area contributed by atoms with E-state index in [1.165, 1.54) is 0 Å². The van der Waals surface area contributed by atoms with E-state index in [4.69, 9.17) is 23.2 Å². The summed E-state index contributed by atoms with van der Waals surface area (Å²) >= 11 is 13.6. The highest BCUT2D eigenvalue weighted by molar-refractivity contribution is 7.18. The maximum absolute atomic E-state index is 12.3. The largest absolute Gasteiger partial charge is 0.374 e. The molecule has 0 aliphatic carbocycles. The molecule has 2 aromatic carbocycles. The van der Waals surface area contributed by atoms with Gasteiger partial charge in [0.05, 0.1) is 25.9 Å². The molecular weight excluding hydrogens is 365 g/mol. The van der Waals surface area contributed by atoms with Crippen LogP contribution in [0.3, 0.4) is 0 Å². The van der Waals surface area contributed by atoms with E-state index in [0.29, 0.717) is 15.7 Å². The van der Waals surface area contributed by atoms with Crippen LogP contribution < -0.4 is 10.6 Å². The van der Waals surface area contributed by atoms with Crippen LogP contribution in [0.2, 0.25) is 10.0 Å². The Balaban J connectivity index is 1.70. The number of anilines is 2. The van der Waals surface area contributed by atoms with E-state index in [-0.39, 0.29) is 5.91 Å². The summed E-state index contributed by atoms with van der Waals surface area (Å²) in [4.78, 5) is 16.8. The molecule has 0 fully saturated rings. The lowest BCUT2D eigenvalue weighted by Crippen LogP contribution is -2.31. The number of fused-ring (bicyclic) bond motifs is 1. The Bertz CT molecular complexity index is 910. The molecule has 0 aliphatic rings. The summed E-state index contributed by atoms with van der Waals surface area (Å²) in [6.07, 6.45) is 0. The number of thiazole rings is 1. The highest BCUT2D eigenvalue weighted by Gasteiger charge is 2.15. The minimum atomic E-state index is -0.428. The van der Waals surface area contributed by atoms with Crippen LogP contribution in [0.4, 0.5) is 11.4 Å². The van der Waals surface area contributed by atoms with E-state index in [1.54, 1.807) is 36.5 Å². The first kappa shape index (κ1) is 17.0. The number of carbonyl (C=O) groups excluding carboxylic acids is 1. The lowest BCUT2D eigenvalue weighted by Gasteiger charge is -2.16. The standard InChI is InChI=1S/C17H15Cl2N3OS/c1-9(17(23)22-14-5-3-11(18)7-13(14)19)20-12-4-6-15-16(8-12)24-10(2)21-15/h3-9,20H,1-2H3,(H,22,23)/t9-/m0/s1. The fourth-order valence-electron chi connectivity index (χ4n) is 2.28. The van der Waals surface area contributed by atoms with Crippen molar-refractivity contribution in [1.29, 1.82) is 0 Å². The molecule has 0 aliphatic heterocycles. The van der Waals surface area contributed by atoms with Gasteiger partial charge in [0.1, 0.15) is 6.04 Å². The van der Waals surface area contributed by atoms with Gasteiger partial charge in [0.2, 0.25) is 5.91 Å². The third-order valence-corrected chi connectivity index (χ3v) is 4.94. The van der Waals surface area contributed by atoms with Crippen LogP contribution in [-0.2, 0) is 4.79 Å². The number of hydrogen-bond acceptors (Lipinski definition) is 4. The summed E-state index contributed by atoms with van der Waals surface area (Å²) in [6, 6.07) is 10.4. The summed E-state index contributed by atoms with van der Waals surface area (Å²) < 4.78 is 1.09. The van der Waals surface area contributed by atoms with Gasteiger partial charge in [0.15, 0.2) is 0 Å². The molecule has 0 bridgehead atoms. The highest BCUT2D eigenvalue weighted by atomic mass is 35.5. The first-order valence-electron chi connectivity index (χ1n) is 7.32. The molecule has 1 amide bonds. The molecule has 3 rings (SSSR count).